The van der Waals surface area contributed by atoms with Gasteiger partial charge in [0.05, 0.1) is 7.05 Å². The zero-order chi connectivity index (χ0) is 12.3. The second-order valence-electron chi connectivity index (χ2n) is 3.50. The van der Waals surface area contributed by atoms with E-state index >= 15 is 0 Å². The molecule has 1 atom stereocenters. The van der Waals surface area contributed by atoms with Crippen LogP contribution in [0.25, 0.3) is 0 Å². The average molecular weight is 263 g/mol. The van der Waals surface area contributed by atoms with Gasteiger partial charge in [0.25, 0.3) is 5.91 Å². The predicted molar refractivity (Wildman–Crippen MR) is 65.3 cm³/mol. The van der Waals surface area contributed by atoms with Crippen LogP contribution in [-0.2, 0) is 7.05 Å². The van der Waals surface area contributed by atoms with Crippen LogP contribution in [0, 0.1) is 10.1 Å². The molecule has 0 spiro atoms. The highest BCUT2D eigenvalue weighted by molar-refractivity contribution is 5.93. The number of carbonyl (C=O) groups is 1. The van der Waals surface area contributed by atoms with Crippen LogP contribution in [0.4, 0.5) is 5.82 Å². The van der Waals surface area contributed by atoms with Crippen molar-refractivity contribution in [3.05, 3.63) is 27.9 Å². The fourth-order valence-corrected chi connectivity index (χ4v) is 1.27. The summed E-state index contributed by atoms with van der Waals surface area (Å²) >= 11 is 0. The molecule has 0 aliphatic rings. The van der Waals surface area contributed by atoms with Gasteiger partial charge in [-0.25, -0.2) is 4.57 Å². The molecule has 0 aromatic carbocycles. The summed E-state index contributed by atoms with van der Waals surface area (Å²) in [7, 11) is 1.47. The van der Waals surface area contributed by atoms with Crippen LogP contribution in [0.1, 0.15) is 17.4 Å². The molecule has 0 radical (unpaired) electrons. The normalized spacial score (nSPS) is 11.5. The average Bonchev–Trinajstić information content (AvgIpc) is 2.59. The molecule has 1 amide bonds. The highest BCUT2D eigenvalue weighted by Crippen LogP contribution is 2.14. The number of carbonyl (C=O) groups excluding carboxylic acids is 1. The van der Waals surface area contributed by atoms with Crippen molar-refractivity contribution in [2.45, 2.75) is 13.0 Å². The second kappa shape index (κ2) is 6.21. The molecule has 0 aliphatic heterocycles. The van der Waals surface area contributed by atoms with Crippen molar-refractivity contribution in [3.8, 4) is 0 Å². The summed E-state index contributed by atoms with van der Waals surface area (Å²) in [5.41, 5.74) is 5.60. The summed E-state index contributed by atoms with van der Waals surface area (Å²) < 4.78 is 1.23. The number of aromatic nitrogens is 1. The lowest BCUT2D eigenvalue weighted by Gasteiger charge is -2.09. The minimum atomic E-state index is -0.539. The Labute approximate surface area is 105 Å². The van der Waals surface area contributed by atoms with E-state index in [0.29, 0.717) is 6.54 Å². The van der Waals surface area contributed by atoms with E-state index in [4.69, 9.17) is 5.73 Å². The monoisotopic (exact) mass is 262 g/mol. The molecule has 0 bridgehead atoms. The van der Waals surface area contributed by atoms with Crippen LogP contribution in [-0.4, -0.2) is 28.0 Å². The Morgan fingerprint density at radius 1 is 1.65 bits per heavy atom. The fraction of sp³-hybridized carbons (Fsp3) is 0.444. The lowest BCUT2D eigenvalue weighted by Crippen LogP contribution is -2.38. The van der Waals surface area contributed by atoms with Crippen LogP contribution >= 0.6 is 12.4 Å². The molecular formula is C9H15ClN4O3. The van der Waals surface area contributed by atoms with Crippen molar-refractivity contribution >= 4 is 24.1 Å². The SMILES string of the molecule is C[C@H](CN)NC(=O)c1ccc([N+](=O)[O-])n1C.Cl. The molecular weight excluding hydrogens is 248 g/mol. The molecule has 3 N–H and O–H groups in total. The molecule has 1 heterocycles. The fourth-order valence-electron chi connectivity index (χ4n) is 1.27. The third-order valence-corrected chi connectivity index (χ3v) is 2.25. The molecule has 17 heavy (non-hydrogen) atoms. The Hall–Kier alpha value is -1.60. The van der Waals surface area contributed by atoms with Crippen molar-refractivity contribution in [1.29, 1.82) is 0 Å². The first-order valence-corrected chi connectivity index (χ1v) is 4.78. The molecule has 1 aromatic heterocycles. The second-order valence-corrected chi connectivity index (χ2v) is 3.50. The van der Waals surface area contributed by atoms with E-state index in [1.54, 1.807) is 6.92 Å². The van der Waals surface area contributed by atoms with Gasteiger partial charge in [0.15, 0.2) is 5.69 Å². The van der Waals surface area contributed by atoms with Gasteiger partial charge in [0.2, 0.25) is 0 Å². The highest BCUT2D eigenvalue weighted by Gasteiger charge is 2.21. The Balaban J connectivity index is 0.00000256. The summed E-state index contributed by atoms with van der Waals surface area (Å²) in [6.45, 7) is 2.08. The molecule has 0 fully saturated rings. The molecule has 0 unspecified atom stereocenters. The Bertz CT molecular complexity index is 418. The minimum absolute atomic E-state index is 0. The number of amides is 1. The van der Waals surface area contributed by atoms with Gasteiger partial charge >= 0.3 is 5.82 Å². The van der Waals surface area contributed by atoms with Crippen molar-refractivity contribution < 1.29 is 9.72 Å². The Morgan fingerprint density at radius 2 is 2.24 bits per heavy atom. The summed E-state index contributed by atoms with van der Waals surface area (Å²) in [6, 6.07) is 2.54. The van der Waals surface area contributed by atoms with E-state index in [9.17, 15) is 14.9 Å². The van der Waals surface area contributed by atoms with Crippen molar-refractivity contribution in [2.24, 2.45) is 12.8 Å². The molecule has 0 saturated heterocycles. The van der Waals surface area contributed by atoms with E-state index in [-0.39, 0.29) is 35.9 Å². The van der Waals surface area contributed by atoms with Gasteiger partial charge in [-0.1, -0.05) is 0 Å². The number of hydrogen-bond donors (Lipinski definition) is 2. The third kappa shape index (κ3) is 3.43. The Morgan fingerprint density at radius 3 is 2.65 bits per heavy atom. The van der Waals surface area contributed by atoms with E-state index in [0.717, 1.165) is 0 Å². The topological polar surface area (TPSA) is 103 Å². The number of rotatable bonds is 4. The quantitative estimate of drug-likeness (QED) is 0.607. The zero-order valence-electron chi connectivity index (χ0n) is 9.54. The molecule has 8 heteroatoms. The van der Waals surface area contributed by atoms with E-state index in [2.05, 4.69) is 5.32 Å². The standard InChI is InChI=1S/C9H14N4O3.ClH/c1-6(5-10)11-9(14)7-3-4-8(12(7)2)13(15)16;/h3-4,6H,5,10H2,1-2H3,(H,11,14);1H/t6-;/m1./s1. The van der Waals surface area contributed by atoms with Gasteiger partial charge in [0, 0.05) is 18.7 Å². The maximum Gasteiger partial charge on any atom is 0.323 e. The molecule has 1 rings (SSSR count). The summed E-state index contributed by atoms with van der Waals surface area (Å²) in [5.74, 6) is -0.487. The third-order valence-electron chi connectivity index (χ3n) is 2.25. The maximum atomic E-state index is 11.7. The number of nitrogens with one attached hydrogen (secondary N) is 1. The highest BCUT2D eigenvalue weighted by atomic mass is 35.5. The van der Waals surface area contributed by atoms with Crippen LogP contribution in [0.5, 0.6) is 0 Å². The van der Waals surface area contributed by atoms with Gasteiger partial charge in [-0.05, 0) is 17.9 Å². The number of halogens is 1. The smallest absolute Gasteiger partial charge is 0.323 e. The first-order valence-electron chi connectivity index (χ1n) is 4.78. The molecule has 96 valence electrons. The van der Waals surface area contributed by atoms with Crippen molar-refractivity contribution in [2.75, 3.05) is 6.54 Å². The van der Waals surface area contributed by atoms with Crippen LogP contribution in [0.3, 0.4) is 0 Å². The van der Waals surface area contributed by atoms with Gasteiger partial charge in [-0.2, -0.15) is 0 Å². The van der Waals surface area contributed by atoms with E-state index in [1.165, 1.54) is 23.7 Å². The zero-order valence-corrected chi connectivity index (χ0v) is 10.4. The summed E-state index contributed by atoms with van der Waals surface area (Å²) in [6.07, 6.45) is 0. The van der Waals surface area contributed by atoms with Gasteiger partial charge in [-0.15, -0.1) is 12.4 Å². The first-order chi connectivity index (χ1) is 7.47. The van der Waals surface area contributed by atoms with E-state index in [1.807, 2.05) is 0 Å². The Kier molecular flexibility index (Phi) is 5.63. The lowest BCUT2D eigenvalue weighted by atomic mass is 10.3. The lowest BCUT2D eigenvalue weighted by molar-refractivity contribution is -0.391. The molecule has 1 aromatic rings. The van der Waals surface area contributed by atoms with Gasteiger partial charge in [0.1, 0.15) is 0 Å². The van der Waals surface area contributed by atoms with Crippen molar-refractivity contribution in [1.82, 2.24) is 9.88 Å². The number of nitrogens with zero attached hydrogens (tertiary/aromatic N) is 2. The van der Waals surface area contributed by atoms with Crippen LogP contribution in [0.2, 0.25) is 0 Å². The van der Waals surface area contributed by atoms with Crippen LogP contribution < -0.4 is 11.1 Å². The number of nitro groups is 1. The summed E-state index contributed by atoms with van der Waals surface area (Å²) in [5, 5.41) is 13.2. The molecule has 0 saturated carbocycles. The van der Waals surface area contributed by atoms with Crippen LogP contribution in [0.15, 0.2) is 12.1 Å². The maximum absolute atomic E-state index is 11.7. The summed E-state index contributed by atoms with van der Waals surface area (Å²) in [4.78, 5) is 21.7. The predicted octanol–water partition coefficient (Wildman–Crippen LogP) is 0.432. The van der Waals surface area contributed by atoms with Gasteiger partial charge < -0.3 is 21.2 Å². The van der Waals surface area contributed by atoms with Gasteiger partial charge in [-0.3, -0.25) is 4.79 Å². The number of hydrogen-bond acceptors (Lipinski definition) is 4. The van der Waals surface area contributed by atoms with E-state index < -0.39 is 4.92 Å². The van der Waals surface area contributed by atoms with Crippen molar-refractivity contribution in [3.63, 3.8) is 0 Å². The number of nitrogens with two attached hydrogens (primary N) is 1. The molecule has 0 aliphatic carbocycles. The first kappa shape index (κ1) is 15.4. The minimum Gasteiger partial charge on any atom is -0.358 e. The largest absolute Gasteiger partial charge is 0.358 e. The molecule has 7 nitrogen and oxygen atoms in total.